The maximum Gasteiger partial charge on any atom is 0.326 e. The number of esters is 1. The van der Waals surface area contributed by atoms with Crippen molar-refractivity contribution in [3.8, 4) is 11.5 Å². The third-order valence-corrected chi connectivity index (χ3v) is 7.49. The van der Waals surface area contributed by atoms with E-state index in [0.29, 0.717) is 41.2 Å². The van der Waals surface area contributed by atoms with Crippen LogP contribution in [-0.2, 0) is 30.9 Å². The fraction of sp³-hybridized carbons (Fsp3) is 0.526. The van der Waals surface area contributed by atoms with Gasteiger partial charge in [0.1, 0.15) is 6.54 Å². The first kappa shape index (κ1) is 21.8. The molecule has 0 bridgehead atoms. The molecule has 0 aliphatic carbocycles. The van der Waals surface area contributed by atoms with E-state index < -0.39 is 27.8 Å². The van der Waals surface area contributed by atoms with Gasteiger partial charge in [-0.25, -0.2) is 12.7 Å². The summed E-state index contributed by atoms with van der Waals surface area (Å²) in [5.41, 5.74) is 0.676. The molecular weight excluding hydrogens is 446 g/mol. The molecule has 1 fully saturated rings. The molecule has 0 radical (unpaired) electrons. The minimum atomic E-state index is -3.37. The minimum absolute atomic E-state index is 0.111. The van der Waals surface area contributed by atoms with Crippen molar-refractivity contribution in [3.63, 3.8) is 0 Å². The number of fused-ring (bicyclic) bond motifs is 2. The Morgan fingerprint density at radius 3 is 2.74 bits per heavy atom. The first-order chi connectivity index (χ1) is 14.8. The molecule has 3 heterocycles. The molecule has 1 atom stereocenters. The molecule has 2 aromatic rings. The smallest absolute Gasteiger partial charge is 0.326 e. The van der Waals surface area contributed by atoms with E-state index in [4.69, 9.17) is 14.2 Å². The van der Waals surface area contributed by atoms with Crippen LogP contribution in [0.1, 0.15) is 19.8 Å². The molecule has 1 saturated heterocycles. The average molecular weight is 470 g/mol. The van der Waals surface area contributed by atoms with E-state index in [1.54, 1.807) is 23.6 Å². The molecular formula is C19H23N3O7S2. The number of rotatable bonds is 5. The highest BCUT2D eigenvalue weighted by atomic mass is 32.2. The van der Waals surface area contributed by atoms with Gasteiger partial charge in [0.2, 0.25) is 16.8 Å². The van der Waals surface area contributed by atoms with Crippen LogP contribution in [0.5, 0.6) is 11.5 Å². The molecule has 1 amide bonds. The minimum Gasteiger partial charge on any atom is -0.465 e. The highest BCUT2D eigenvalue weighted by Gasteiger charge is 2.30. The van der Waals surface area contributed by atoms with Crippen LogP contribution in [0, 0.1) is 5.92 Å². The molecule has 4 rings (SSSR count). The lowest BCUT2D eigenvalue weighted by Crippen LogP contribution is -2.41. The Morgan fingerprint density at radius 2 is 2.03 bits per heavy atom. The van der Waals surface area contributed by atoms with E-state index in [1.165, 1.54) is 15.6 Å². The van der Waals surface area contributed by atoms with E-state index >= 15 is 0 Å². The van der Waals surface area contributed by atoms with Gasteiger partial charge in [0, 0.05) is 25.2 Å². The van der Waals surface area contributed by atoms with Gasteiger partial charge in [-0.3, -0.25) is 9.59 Å². The average Bonchev–Trinajstić information content (AvgIpc) is 3.30. The number of carbonyl (C=O) groups is 2. The molecule has 1 aromatic carbocycles. The van der Waals surface area contributed by atoms with Crippen molar-refractivity contribution in [1.82, 2.24) is 8.87 Å². The van der Waals surface area contributed by atoms with Crippen molar-refractivity contribution in [2.45, 2.75) is 26.3 Å². The SMILES string of the molecule is CCOC(=O)Cn1c(=NC(=O)C2CCCN(S(C)(=O)=O)C2)sc2cc3c(cc21)OCO3. The molecule has 168 valence electrons. The number of nitrogens with zero attached hydrogens (tertiary/aromatic N) is 3. The fourth-order valence-electron chi connectivity index (χ4n) is 3.66. The second-order valence-electron chi connectivity index (χ2n) is 7.36. The largest absolute Gasteiger partial charge is 0.465 e. The molecule has 12 heteroatoms. The molecule has 2 aliphatic rings. The van der Waals surface area contributed by atoms with Gasteiger partial charge in [0.15, 0.2) is 16.3 Å². The number of piperidine rings is 1. The monoisotopic (exact) mass is 469 g/mol. The third kappa shape index (κ3) is 4.60. The van der Waals surface area contributed by atoms with Crippen molar-refractivity contribution < 1.29 is 32.2 Å². The second-order valence-corrected chi connectivity index (χ2v) is 10.4. The van der Waals surface area contributed by atoms with Gasteiger partial charge in [-0.1, -0.05) is 11.3 Å². The van der Waals surface area contributed by atoms with Crippen molar-refractivity contribution in [2.75, 3.05) is 32.7 Å². The molecule has 0 N–H and O–H groups in total. The molecule has 2 aliphatic heterocycles. The number of carbonyl (C=O) groups excluding carboxylic acids is 2. The molecule has 31 heavy (non-hydrogen) atoms. The number of ether oxygens (including phenoxy) is 3. The van der Waals surface area contributed by atoms with E-state index in [0.717, 1.165) is 11.0 Å². The number of hydrogen-bond acceptors (Lipinski definition) is 8. The second kappa shape index (κ2) is 8.60. The van der Waals surface area contributed by atoms with Crippen molar-refractivity contribution in [2.24, 2.45) is 10.9 Å². The van der Waals surface area contributed by atoms with E-state index in [1.807, 2.05) is 0 Å². The van der Waals surface area contributed by atoms with Crippen LogP contribution in [0.15, 0.2) is 17.1 Å². The predicted molar refractivity (Wildman–Crippen MR) is 112 cm³/mol. The highest BCUT2D eigenvalue weighted by Crippen LogP contribution is 2.37. The zero-order chi connectivity index (χ0) is 22.2. The maximum atomic E-state index is 12.9. The lowest BCUT2D eigenvalue weighted by molar-refractivity contribution is -0.143. The molecule has 1 aromatic heterocycles. The first-order valence-corrected chi connectivity index (χ1v) is 12.5. The van der Waals surface area contributed by atoms with Crippen LogP contribution in [0.25, 0.3) is 10.2 Å². The summed E-state index contributed by atoms with van der Waals surface area (Å²) >= 11 is 1.25. The quantitative estimate of drug-likeness (QED) is 0.602. The van der Waals surface area contributed by atoms with Crippen LogP contribution in [-0.4, -0.2) is 61.9 Å². The van der Waals surface area contributed by atoms with Crippen molar-refractivity contribution in [3.05, 3.63) is 16.9 Å². The Hall–Kier alpha value is -2.44. The summed E-state index contributed by atoms with van der Waals surface area (Å²) in [4.78, 5) is 29.7. The lowest BCUT2D eigenvalue weighted by atomic mass is 9.99. The number of aromatic nitrogens is 1. The molecule has 0 saturated carbocycles. The topological polar surface area (TPSA) is 116 Å². The number of thiazole rings is 1. The van der Waals surface area contributed by atoms with Gasteiger partial charge in [-0.05, 0) is 19.8 Å². The van der Waals surface area contributed by atoms with Crippen LogP contribution >= 0.6 is 11.3 Å². The van der Waals surface area contributed by atoms with Gasteiger partial charge >= 0.3 is 5.97 Å². The van der Waals surface area contributed by atoms with Gasteiger partial charge < -0.3 is 18.8 Å². The maximum absolute atomic E-state index is 12.9. The fourth-order valence-corrected chi connectivity index (χ4v) is 5.62. The number of amides is 1. The predicted octanol–water partition coefficient (Wildman–Crippen LogP) is 1.09. The third-order valence-electron chi connectivity index (χ3n) is 5.18. The Bertz CT molecular complexity index is 1200. The van der Waals surface area contributed by atoms with Crippen LogP contribution < -0.4 is 14.3 Å². The van der Waals surface area contributed by atoms with Gasteiger partial charge in [-0.2, -0.15) is 4.99 Å². The summed E-state index contributed by atoms with van der Waals surface area (Å²) in [5, 5.41) is 0. The van der Waals surface area contributed by atoms with Crippen molar-refractivity contribution in [1.29, 1.82) is 0 Å². The zero-order valence-corrected chi connectivity index (χ0v) is 18.8. The lowest BCUT2D eigenvalue weighted by Gasteiger charge is -2.28. The standard InChI is InChI=1S/C19H23N3O7S2/c1-3-27-17(23)10-22-13-7-14-15(29-11-28-14)8-16(13)30-19(22)20-18(24)12-5-4-6-21(9-12)31(2,25)26/h7-8,12H,3-6,9-11H2,1-2H3. The number of sulfonamides is 1. The van der Waals surface area contributed by atoms with E-state index in [2.05, 4.69) is 4.99 Å². The summed E-state index contributed by atoms with van der Waals surface area (Å²) in [5.74, 6) is -0.239. The molecule has 1 unspecified atom stereocenters. The van der Waals surface area contributed by atoms with E-state index in [9.17, 15) is 18.0 Å². The number of benzene rings is 1. The normalized spacial score (nSPS) is 19.7. The Morgan fingerprint density at radius 1 is 1.29 bits per heavy atom. The van der Waals surface area contributed by atoms with Crippen molar-refractivity contribution >= 4 is 43.5 Å². The first-order valence-electron chi connectivity index (χ1n) is 9.88. The summed E-state index contributed by atoms with van der Waals surface area (Å²) in [6, 6.07) is 3.54. The Labute approximate surface area is 183 Å². The van der Waals surface area contributed by atoms with Crippen LogP contribution in [0.4, 0.5) is 0 Å². The molecule has 0 spiro atoms. The zero-order valence-electron chi connectivity index (χ0n) is 17.2. The highest BCUT2D eigenvalue weighted by molar-refractivity contribution is 7.88. The van der Waals surface area contributed by atoms with Gasteiger partial charge in [-0.15, -0.1) is 0 Å². The van der Waals surface area contributed by atoms with Crippen LogP contribution in [0.3, 0.4) is 0 Å². The number of hydrogen-bond donors (Lipinski definition) is 0. The summed E-state index contributed by atoms with van der Waals surface area (Å²) in [6.07, 6.45) is 2.29. The Kier molecular flexibility index (Phi) is 6.04. The summed E-state index contributed by atoms with van der Waals surface area (Å²) < 4.78 is 43.4. The van der Waals surface area contributed by atoms with Crippen LogP contribution in [0.2, 0.25) is 0 Å². The summed E-state index contributed by atoms with van der Waals surface area (Å²) in [7, 11) is -3.37. The van der Waals surface area contributed by atoms with Gasteiger partial charge in [0.05, 0.1) is 29.0 Å². The Balaban J connectivity index is 1.72. The van der Waals surface area contributed by atoms with E-state index in [-0.39, 0.29) is 26.5 Å². The van der Waals surface area contributed by atoms with Gasteiger partial charge in [0.25, 0.3) is 5.91 Å². The summed E-state index contributed by atoms with van der Waals surface area (Å²) in [6.45, 7) is 2.48. The molecule has 10 nitrogen and oxygen atoms in total.